The lowest BCUT2D eigenvalue weighted by Gasteiger charge is -2.00. The fourth-order valence-electron chi connectivity index (χ4n) is 2.68. The zero-order valence-electron chi connectivity index (χ0n) is 13.4. The van der Waals surface area contributed by atoms with Crippen LogP contribution in [0.25, 0.3) is 0 Å². The second-order valence-electron chi connectivity index (χ2n) is 6.02. The molecule has 0 unspecified atom stereocenters. The third kappa shape index (κ3) is 4.11. The molecule has 2 heteroatoms. The van der Waals surface area contributed by atoms with Crippen LogP contribution < -0.4 is 0 Å². The number of nitrogens with one attached hydrogen (secondary N) is 1. The van der Waals surface area contributed by atoms with Gasteiger partial charge in [0.15, 0.2) is 0 Å². The maximum Gasteiger partial charge on any atom is 0.0152 e. The van der Waals surface area contributed by atoms with E-state index in [0.29, 0.717) is 0 Å². The van der Waals surface area contributed by atoms with Crippen molar-refractivity contribution in [3.8, 4) is 0 Å². The summed E-state index contributed by atoms with van der Waals surface area (Å²) in [5.41, 5.74) is 5.36. The van der Waals surface area contributed by atoms with Crippen molar-refractivity contribution in [1.82, 2.24) is 4.98 Å². The average Bonchev–Trinajstić information content (AvgIpc) is 3.13. The predicted molar refractivity (Wildman–Crippen MR) is 95.8 cm³/mol. The van der Waals surface area contributed by atoms with Crippen molar-refractivity contribution in [3.05, 3.63) is 80.8 Å². The van der Waals surface area contributed by atoms with Gasteiger partial charge in [-0.3, -0.25) is 0 Å². The molecule has 1 N–H and O–H groups in total. The molecule has 1 nitrogen and oxygen atoms in total. The van der Waals surface area contributed by atoms with Crippen LogP contribution in [0.5, 0.6) is 0 Å². The number of benzene rings is 1. The van der Waals surface area contributed by atoms with E-state index >= 15 is 0 Å². The second-order valence-corrected chi connectivity index (χ2v) is 7.27. The van der Waals surface area contributed by atoms with Gasteiger partial charge < -0.3 is 4.98 Å². The van der Waals surface area contributed by atoms with Gasteiger partial charge >= 0.3 is 0 Å². The molecule has 0 spiro atoms. The molecule has 2 aromatic heterocycles. The average molecular weight is 309 g/mol. The highest BCUT2D eigenvalue weighted by atomic mass is 32.1. The lowest BCUT2D eigenvalue weighted by atomic mass is 10.1. The Labute approximate surface area is 137 Å². The van der Waals surface area contributed by atoms with Crippen molar-refractivity contribution in [2.45, 2.75) is 39.5 Å². The van der Waals surface area contributed by atoms with Crippen molar-refractivity contribution >= 4 is 11.3 Å². The van der Waals surface area contributed by atoms with Crippen LogP contribution >= 0.6 is 11.3 Å². The molecule has 2 heterocycles. The number of aromatic nitrogens is 1. The molecule has 0 aliphatic heterocycles. The van der Waals surface area contributed by atoms with Gasteiger partial charge in [-0.15, -0.1) is 11.3 Å². The molecule has 22 heavy (non-hydrogen) atoms. The normalized spacial score (nSPS) is 11.0. The number of hydrogen-bond donors (Lipinski definition) is 1. The monoisotopic (exact) mass is 309 g/mol. The van der Waals surface area contributed by atoms with Crippen LogP contribution in [0.1, 0.15) is 32.3 Å². The number of rotatable bonds is 6. The van der Waals surface area contributed by atoms with Gasteiger partial charge in [0.2, 0.25) is 0 Å². The van der Waals surface area contributed by atoms with Gasteiger partial charge in [0, 0.05) is 21.1 Å². The summed E-state index contributed by atoms with van der Waals surface area (Å²) in [6.45, 7) is 4.25. The van der Waals surface area contributed by atoms with E-state index in [2.05, 4.69) is 67.4 Å². The molecule has 0 aliphatic carbocycles. The third-order valence-electron chi connectivity index (χ3n) is 4.03. The van der Waals surface area contributed by atoms with Crippen molar-refractivity contribution in [3.63, 3.8) is 0 Å². The zero-order chi connectivity index (χ0) is 15.4. The highest BCUT2D eigenvalue weighted by molar-refractivity contribution is 7.11. The van der Waals surface area contributed by atoms with E-state index in [9.17, 15) is 0 Å². The van der Waals surface area contributed by atoms with Crippen LogP contribution in [0.2, 0.25) is 0 Å². The van der Waals surface area contributed by atoms with Gasteiger partial charge in [0.25, 0.3) is 0 Å². The first-order valence-corrected chi connectivity index (χ1v) is 8.78. The van der Waals surface area contributed by atoms with Crippen LogP contribution in [-0.2, 0) is 25.7 Å². The first-order valence-electron chi connectivity index (χ1n) is 7.97. The Morgan fingerprint density at radius 2 is 1.41 bits per heavy atom. The first-order chi connectivity index (χ1) is 10.7. The van der Waals surface area contributed by atoms with E-state index in [1.54, 1.807) is 0 Å². The van der Waals surface area contributed by atoms with E-state index < -0.39 is 0 Å². The fourth-order valence-corrected chi connectivity index (χ4v) is 3.70. The number of aromatic amines is 1. The highest BCUT2D eigenvalue weighted by Gasteiger charge is 2.03. The summed E-state index contributed by atoms with van der Waals surface area (Å²) in [5, 5.41) is 0. The van der Waals surface area contributed by atoms with E-state index in [0.717, 1.165) is 25.7 Å². The van der Waals surface area contributed by atoms with Crippen molar-refractivity contribution < 1.29 is 0 Å². The number of H-pyrrole nitrogens is 1. The Morgan fingerprint density at radius 3 is 2.05 bits per heavy atom. The number of hydrogen-bond acceptors (Lipinski definition) is 1. The van der Waals surface area contributed by atoms with Crippen LogP contribution in [-0.4, -0.2) is 4.98 Å². The molecule has 3 rings (SSSR count). The number of aryl methyl sites for hydroxylation is 6. The molecule has 0 saturated heterocycles. The summed E-state index contributed by atoms with van der Waals surface area (Å²) in [6, 6.07) is 17.8. The zero-order valence-corrected chi connectivity index (χ0v) is 14.2. The maximum atomic E-state index is 3.41. The number of thiophene rings is 1. The van der Waals surface area contributed by atoms with Gasteiger partial charge in [0.05, 0.1) is 0 Å². The Morgan fingerprint density at radius 1 is 0.727 bits per heavy atom. The smallest absolute Gasteiger partial charge is 0.0152 e. The SMILES string of the molecule is Cc1ccc(CCc2ccc(CCc3ccc(C)[nH]3)s2)cc1. The molecular formula is C20H23NS. The summed E-state index contributed by atoms with van der Waals surface area (Å²) < 4.78 is 0. The summed E-state index contributed by atoms with van der Waals surface area (Å²) in [5.74, 6) is 0. The van der Waals surface area contributed by atoms with E-state index in [4.69, 9.17) is 0 Å². The molecule has 0 saturated carbocycles. The lowest BCUT2D eigenvalue weighted by molar-refractivity contribution is 0.935. The molecule has 0 aliphatic rings. The van der Waals surface area contributed by atoms with E-state index in [-0.39, 0.29) is 0 Å². The van der Waals surface area contributed by atoms with Crippen LogP contribution in [0.15, 0.2) is 48.5 Å². The van der Waals surface area contributed by atoms with Crippen LogP contribution in [0, 0.1) is 13.8 Å². The Bertz CT molecular complexity index is 718. The molecule has 0 bridgehead atoms. The lowest BCUT2D eigenvalue weighted by Crippen LogP contribution is -1.89. The summed E-state index contributed by atoms with van der Waals surface area (Å²) in [6.07, 6.45) is 4.52. The minimum atomic E-state index is 1.10. The van der Waals surface area contributed by atoms with Crippen LogP contribution in [0.3, 0.4) is 0 Å². The Balaban J connectivity index is 1.51. The third-order valence-corrected chi connectivity index (χ3v) is 5.24. The van der Waals surface area contributed by atoms with Crippen LogP contribution in [0.4, 0.5) is 0 Å². The highest BCUT2D eigenvalue weighted by Crippen LogP contribution is 2.20. The van der Waals surface area contributed by atoms with Crippen molar-refractivity contribution in [2.24, 2.45) is 0 Å². The van der Waals surface area contributed by atoms with Gasteiger partial charge in [-0.2, -0.15) is 0 Å². The van der Waals surface area contributed by atoms with Gasteiger partial charge in [0.1, 0.15) is 0 Å². The quantitative estimate of drug-likeness (QED) is 0.639. The van der Waals surface area contributed by atoms with Gasteiger partial charge in [-0.1, -0.05) is 29.8 Å². The topological polar surface area (TPSA) is 15.8 Å². The predicted octanol–water partition coefficient (Wildman–Crippen LogP) is 5.26. The molecule has 0 atom stereocenters. The fraction of sp³-hybridized carbons (Fsp3) is 0.300. The van der Waals surface area contributed by atoms with Crippen molar-refractivity contribution in [2.75, 3.05) is 0 Å². The Kier molecular flexibility index (Phi) is 4.79. The molecule has 1 aromatic carbocycles. The van der Waals surface area contributed by atoms with Gasteiger partial charge in [-0.25, -0.2) is 0 Å². The maximum absolute atomic E-state index is 3.41. The van der Waals surface area contributed by atoms with E-state index in [1.165, 1.54) is 32.3 Å². The van der Waals surface area contributed by atoms with E-state index in [1.807, 2.05) is 11.3 Å². The molecule has 0 fully saturated rings. The molecule has 3 aromatic rings. The summed E-state index contributed by atoms with van der Waals surface area (Å²) >= 11 is 1.97. The summed E-state index contributed by atoms with van der Waals surface area (Å²) in [4.78, 5) is 6.40. The molecule has 114 valence electrons. The largest absolute Gasteiger partial charge is 0.362 e. The second kappa shape index (κ2) is 6.97. The van der Waals surface area contributed by atoms with Crippen molar-refractivity contribution in [1.29, 1.82) is 0 Å². The van der Waals surface area contributed by atoms with Gasteiger partial charge in [-0.05, 0) is 69.4 Å². The minimum absolute atomic E-state index is 1.10. The molecule has 0 amide bonds. The molecular weight excluding hydrogens is 286 g/mol. The molecule has 0 radical (unpaired) electrons. The minimum Gasteiger partial charge on any atom is -0.362 e. The standard InChI is InChI=1S/C20H23NS/c1-15-3-6-17(7-4-15)8-11-19-13-14-20(22-19)12-10-18-9-5-16(2)21-18/h3-7,9,13-14,21H,8,10-12H2,1-2H3. The summed E-state index contributed by atoms with van der Waals surface area (Å²) in [7, 11) is 0. The first kappa shape index (κ1) is 15.1. The Hall–Kier alpha value is -1.80.